The first-order chi connectivity index (χ1) is 7.66. The molecule has 4 nitrogen and oxygen atoms in total. The largest absolute Gasteiger partial charge is 0.494 e. The van der Waals surface area contributed by atoms with Gasteiger partial charge in [-0.2, -0.15) is 0 Å². The Balaban J connectivity index is 2.45. The fourth-order valence-electron chi connectivity index (χ4n) is 2.19. The van der Waals surface area contributed by atoms with Crippen molar-refractivity contribution < 1.29 is 5.11 Å². The third kappa shape index (κ3) is 1.13. The molecule has 82 valence electrons. The van der Waals surface area contributed by atoms with Crippen LogP contribution in [0.5, 0.6) is 5.88 Å². The Morgan fingerprint density at radius 3 is 3.00 bits per heavy atom. The number of benzene rings is 1. The van der Waals surface area contributed by atoms with Crippen molar-refractivity contribution in [2.24, 2.45) is 7.05 Å². The van der Waals surface area contributed by atoms with Crippen molar-refractivity contribution in [3.63, 3.8) is 0 Å². The summed E-state index contributed by atoms with van der Waals surface area (Å²) in [4.78, 5) is 11.5. The minimum atomic E-state index is -0.192. The van der Waals surface area contributed by atoms with Crippen molar-refractivity contribution in [2.45, 2.75) is 6.42 Å². The minimum absolute atomic E-state index is 0.0391. The molecule has 0 atom stereocenters. The van der Waals surface area contributed by atoms with Gasteiger partial charge in [0.1, 0.15) is 0 Å². The zero-order valence-electron chi connectivity index (χ0n) is 8.95. The van der Waals surface area contributed by atoms with Crippen molar-refractivity contribution in [1.29, 1.82) is 0 Å². The summed E-state index contributed by atoms with van der Waals surface area (Å²) in [6, 6.07) is 5.44. The van der Waals surface area contributed by atoms with Crippen molar-refractivity contribution in [2.75, 3.05) is 11.9 Å². The van der Waals surface area contributed by atoms with Gasteiger partial charge >= 0.3 is 0 Å². The third-order valence-corrected chi connectivity index (χ3v) is 3.15. The average Bonchev–Trinajstić information content (AvgIpc) is 2.71. The maximum Gasteiger partial charge on any atom is 0.253 e. The van der Waals surface area contributed by atoms with Crippen LogP contribution in [0.25, 0.3) is 10.8 Å². The van der Waals surface area contributed by atoms with E-state index in [0.29, 0.717) is 0 Å². The van der Waals surface area contributed by atoms with Crippen molar-refractivity contribution in [3.8, 4) is 5.88 Å². The lowest BCUT2D eigenvalue weighted by molar-refractivity contribution is 0.430. The van der Waals surface area contributed by atoms with E-state index in [1.807, 2.05) is 12.1 Å². The number of nitrogens with zero attached hydrogens (tertiary/aromatic N) is 1. The Hall–Kier alpha value is -1.97. The zero-order valence-corrected chi connectivity index (χ0v) is 8.95. The molecule has 0 saturated carbocycles. The van der Waals surface area contributed by atoms with Crippen molar-refractivity contribution in [1.82, 2.24) is 4.57 Å². The molecule has 1 aliphatic heterocycles. The molecule has 2 aromatic rings. The van der Waals surface area contributed by atoms with Crippen LogP contribution in [-0.4, -0.2) is 16.2 Å². The second-order valence-corrected chi connectivity index (χ2v) is 4.14. The van der Waals surface area contributed by atoms with Gasteiger partial charge in [-0.15, -0.1) is 0 Å². The second kappa shape index (κ2) is 3.01. The minimum Gasteiger partial charge on any atom is -0.494 e. The summed E-state index contributed by atoms with van der Waals surface area (Å²) in [5.41, 5.74) is 2.07. The predicted molar refractivity (Wildman–Crippen MR) is 63.0 cm³/mol. The van der Waals surface area contributed by atoms with Crippen LogP contribution in [-0.2, 0) is 13.5 Å². The lowest BCUT2D eigenvalue weighted by Gasteiger charge is -2.08. The van der Waals surface area contributed by atoms with Gasteiger partial charge in [-0.3, -0.25) is 9.36 Å². The summed E-state index contributed by atoms with van der Waals surface area (Å²) in [7, 11) is 1.57. The topological polar surface area (TPSA) is 54.3 Å². The molecule has 3 rings (SSSR count). The van der Waals surface area contributed by atoms with E-state index in [-0.39, 0.29) is 11.4 Å². The lowest BCUT2D eigenvalue weighted by atomic mass is 10.1. The van der Waals surface area contributed by atoms with Gasteiger partial charge in [-0.05, 0) is 29.5 Å². The van der Waals surface area contributed by atoms with Gasteiger partial charge in [0.2, 0.25) is 5.88 Å². The summed E-state index contributed by atoms with van der Waals surface area (Å²) in [5, 5.41) is 14.7. The maximum absolute atomic E-state index is 11.5. The number of pyridine rings is 1. The van der Waals surface area contributed by atoms with Crippen molar-refractivity contribution >= 4 is 16.5 Å². The number of fused-ring (bicyclic) bond motifs is 2. The van der Waals surface area contributed by atoms with Gasteiger partial charge in [0, 0.05) is 30.7 Å². The van der Waals surface area contributed by atoms with Crippen LogP contribution in [0.15, 0.2) is 23.0 Å². The van der Waals surface area contributed by atoms with E-state index < -0.39 is 0 Å². The van der Waals surface area contributed by atoms with Crippen LogP contribution < -0.4 is 10.9 Å². The Morgan fingerprint density at radius 1 is 1.38 bits per heavy atom. The van der Waals surface area contributed by atoms with Gasteiger partial charge in [0.15, 0.2) is 0 Å². The van der Waals surface area contributed by atoms with E-state index in [1.165, 1.54) is 10.1 Å². The Bertz CT molecular complexity index is 643. The maximum atomic E-state index is 11.5. The number of nitrogens with one attached hydrogen (secondary N) is 1. The molecule has 0 amide bonds. The summed E-state index contributed by atoms with van der Waals surface area (Å²) < 4.78 is 1.26. The van der Waals surface area contributed by atoms with Crippen molar-refractivity contribution in [3.05, 3.63) is 34.1 Å². The van der Waals surface area contributed by atoms with Crippen LogP contribution in [0, 0.1) is 0 Å². The fourth-order valence-corrected chi connectivity index (χ4v) is 2.19. The molecule has 0 radical (unpaired) electrons. The SMILES string of the molecule is Cn1c(O)c2cc3c(cc2cc1=O)NCC3. The lowest BCUT2D eigenvalue weighted by Crippen LogP contribution is -2.14. The van der Waals surface area contributed by atoms with E-state index in [9.17, 15) is 9.90 Å². The van der Waals surface area contributed by atoms with Crippen LogP contribution in [0.4, 0.5) is 5.69 Å². The van der Waals surface area contributed by atoms with Gasteiger partial charge in [-0.1, -0.05) is 0 Å². The molecule has 2 heterocycles. The monoisotopic (exact) mass is 216 g/mol. The molecular formula is C12H12N2O2. The number of hydrogen-bond donors (Lipinski definition) is 2. The van der Waals surface area contributed by atoms with E-state index in [4.69, 9.17) is 0 Å². The average molecular weight is 216 g/mol. The van der Waals surface area contributed by atoms with Gasteiger partial charge < -0.3 is 10.4 Å². The molecular weight excluding hydrogens is 204 g/mol. The van der Waals surface area contributed by atoms with Crippen LogP contribution >= 0.6 is 0 Å². The molecule has 1 aliphatic rings. The number of anilines is 1. The molecule has 0 bridgehead atoms. The molecule has 16 heavy (non-hydrogen) atoms. The molecule has 0 fully saturated rings. The first-order valence-corrected chi connectivity index (χ1v) is 5.26. The summed E-state index contributed by atoms with van der Waals surface area (Å²) in [6.07, 6.45) is 0.966. The molecule has 0 spiro atoms. The highest BCUT2D eigenvalue weighted by Gasteiger charge is 2.14. The third-order valence-electron chi connectivity index (χ3n) is 3.15. The predicted octanol–water partition coefficient (Wildman–Crippen LogP) is 1.21. The van der Waals surface area contributed by atoms with Gasteiger partial charge in [0.05, 0.1) is 0 Å². The van der Waals surface area contributed by atoms with E-state index in [1.54, 1.807) is 13.1 Å². The van der Waals surface area contributed by atoms with Crippen LogP contribution in [0.1, 0.15) is 5.56 Å². The second-order valence-electron chi connectivity index (χ2n) is 4.14. The first-order valence-electron chi connectivity index (χ1n) is 5.26. The fraction of sp³-hybridized carbons (Fsp3) is 0.250. The highest BCUT2D eigenvalue weighted by molar-refractivity contribution is 5.91. The summed E-state index contributed by atoms with van der Waals surface area (Å²) >= 11 is 0. The standard InChI is InChI=1S/C12H12N2O2/c1-14-11(15)6-8-5-10-7(2-3-13-10)4-9(8)12(14)16/h4-6,13,16H,2-3H2,1H3. The molecule has 0 saturated heterocycles. The highest BCUT2D eigenvalue weighted by atomic mass is 16.3. The summed E-state index contributed by atoms with van der Waals surface area (Å²) in [5.74, 6) is 0.0391. The van der Waals surface area contributed by atoms with E-state index in [0.717, 1.165) is 29.4 Å². The van der Waals surface area contributed by atoms with Gasteiger partial charge in [0.25, 0.3) is 5.56 Å². The number of rotatable bonds is 0. The number of hydrogen-bond acceptors (Lipinski definition) is 3. The molecule has 1 aromatic heterocycles. The molecule has 0 unspecified atom stereocenters. The van der Waals surface area contributed by atoms with Crippen LogP contribution in [0.2, 0.25) is 0 Å². The Labute approximate surface area is 92.1 Å². The number of aromatic hydroxyl groups is 1. The Morgan fingerprint density at radius 2 is 2.19 bits per heavy atom. The molecule has 2 N–H and O–H groups in total. The number of aromatic nitrogens is 1. The normalized spacial score (nSPS) is 13.8. The van der Waals surface area contributed by atoms with E-state index >= 15 is 0 Å². The van der Waals surface area contributed by atoms with E-state index in [2.05, 4.69) is 5.32 Å². The molecule has 0 aliphatic carbocycles. The Kier molecular flexibility index (Phi) is 1.74. The molecule has 4 heteroatoms. The quantitative estimate of drug-likeness (QED) is 0.696. The molecule has 1 aromatic carbocycles. The summed E-state index contributed by atoms with van der Waals surface area (Å²) in [6.45, 7) is 0.919. The first kappa shape index (κ1) is 9.27. The highest BCUT2D eigenvalue weighted by Crippen LogP contribution is 2.31. The van der Waals surface area contributed by atoms with Crippen LogP contribution in [0.3, 0.4) is 0 Å². The smallest absolute Gasteiger partial charge is 0.253 e. The van der Waals surface area contributed by atoms with Gasteiger partial charge in [-0.25, -0.2) is 0 Å². The zero-order chi connectivity index (χ0) is 11.3.